The number of nitrogens with one attached hydrogen (secondary N) is 2. The zero-order valence-electron chi connectivity index (χ0n) is 20.6. The molecule has 0 atom stereocenters. The van der Waals surface area contributed by atoms with Crippen LogP contribution in [-0.2, 0) is 19.5 Å². The van der Waals surface area contributed by atoms with E-state index in [9.17, 15) is 10.2 Å². The molecule has 6 rings (SSSR count). The first-order chi connectivity index (χ1) is 18.7. The minimum absolute atomic E-state index is 0. The third-order valence-electron chi connectivity index (χ3n) is 5.19. The van der Waals surface area contributed by atoms with Gasteiger partial charge in [-0.1, -0.05) is 71.2 Å². The Hall–Kier alpha value is -4.18. The molecule has 0 unspecified atom stereocenters. The standard InChI is InChI=1S/2C14H11N3OS.Zn/c2*18-12-7-3-1-5-10(12)9-15-17-14-16-11-6-2-4-8-13(11)19-14;/h2*1-9,18H,(H,16,17);/b2*15-9+;. The molecule has 6 aromatic rings. The number of phenolic OH excluding ortho intramolecular Hbond substituents is 2. The second-order valence-corrected chi connectivity index (χ2v) is 9.89. The molecule has 2 aromatic heterocycles. The van der Waals surface area contributed by atoms with E-state index in [4.69, 9.17) is 0 Å². The van der Waals surface area contributed by atoms with Gasteiger partial charge in [-0.15, -0.1) is 0 Å². The first-order valence-electron chi connectivity index (χ1n) is 11.5. The van der Waals surface area contributed by atoms with Crippen molar-refractivity contribution in [3.63, 3.8) is 0 Å². The Morgan fingerprint density at radius 1 is 0.564 bits per heavy atom. The van der Waals surface area contributed by atoms with Crippen LogP contribution in [0.15, 0.2) is 107 Å². The zero-order chi connectivity index (χ0) is 26.2. The average molecular weight is 604 g/mol. The molecule has 0 saturated heterocycles. The molecule has 8 nitrogen and oxygen atoms in total. The number of benzene rings is 4. The molecule has 0 spiro atoms. The molecule has 0 aliphatic rings. The van der Waals surface area contributed by atoms with Crippen molar-refractivity contribution < 1.29 is 29.7 Å². The number of hydrogen-bond acceptors (Lipinski definition) is 10. The predicted molar refractivity (Wildman–Crippen MR) is 158 cm³/mol. The van der Waals surface area contributed by atoms with Crippen LogP contribution in [0.2, 0.25) is 0 Å². The molecule has 11 heteroatoms. The van der Waals surface area contributed by atoms with E-state index >= 15 is 0 Å². The van der Waals surface area contributed by atoms with E-state index < -0.39 is 0 Å². The number of para-hydroxylation sites is 4. The molecular weight excluding hydrogens is 582 g/mol. The molecule has 39 heavy (non-hydrogen) atoms. The first-order valence-corrected chi connectivity index (χ1v) is 13.1. The normalized spacial score (nSPS) is 10.9. The van der Waals surface area contributed by atoms with Crippen LogP contribution in [0, 0.1) is 0 Å². The summed E-state index contributed by atoms with van der Waals surface area (Å²) >= 11 is 3.08. The molecule has 0 bridgehead atoms. The Morgan fingerprint density at radius 2 is 0.949 bits per heavy atom. The Balaban J connectivity index is 0.000000176. The van der Waals surface area contributed by atoms with E-state index in [-0.39, 0.29) is 31.0 Å². The van der Waals surface area contributed by atoms with Crippen molar-refractivity contribution in [2.75, 3.05) is 10.9 Å². The molecule has 4 aromatic carbocycles. The minimum atomic E-state index is 0. The van der Waals surface area contributed by atoms with E-state index in [0.717, 1.165) is 30.7 Å². The fourth-order valence-corrected chi connectivity index (χ4v) is 4.98. The van der Waals surface area contributed by atoms with Gasteiger partial charge >= 0.3 is 0 Å². The smallest absolute Gasteiger partial charge is 0.204 e. The molecular formula is C28H22N6O2S2Zn. The quantitative estimate of drug-likeness (QED) is 0.0936. The van der Waals surface area contributed by atoms with Crippen LogP contribution in [0.25, 0.3) is 20.4 Å². The summed E-state index contributed by atoms with van der Waals surface area (Å²) in [5, 5.41) is 28.8. The van der Waals surface area contributed by atoms with Crippen molar-refractivity contribution in [3.05, 3.63) is 108 Å². The van der Waals surface area contributed by atoms with Gasteiger partial charge < -0.3 is 10.2 Å². The number of thiazole rings is 2. The number of hydrogen-bond donors (Lipinski definition) is 4. The number of phenols is 2. The summed E-state index contributed by atoms with van der Waals surface area (Å²) in [7, 11) is 0. The number of rotatable bonds is 6. The van der Waals surface area contributed by atoms with Gasteiger partial charge in [-0.25, -0.2) is 9.97 Å². The third kappa shape index (κ3) is 7.45. The number of fused-ring (bicyclic) bond motifs is 2. The Bertz CT molecular complexity index is 1540. The van der Waals surface area contributed by atoms with Gasteiger partial charge in [0.05, 0.1) is 32.9 Å². The monoisotopic (exact) mass is 602 g/mol. The van der Waals surface area contributed by atoms with E-state index in [0.29, 0.717) is 11.1 Å². The van der Waals surface area contributed by atoms with Gasteiger partial charge in [0, 0.05) is 30.6 Å². The van der Waals surface area contributed by atoms with Crippen molar-refractivity contribution in [1.29, 1.82) is 0 Å². The molecule has 0 radical (unpaired) electrons. The molecule has 2 heterocycles. The molecule has 0 fully saturated rings. The van der Waals surface area contributed by atoms with Gasteiger partial charge in [0.2, 0.25) is 10.3 Å². The number of aromatic hydroxyl groups is 2. The zero-order valence-corrected chi connectivity index (χ0v) is 25.2. The van der Waals surface area contributed by atoms with E-state index in [1.54, 1.807) is 48.8 Å². The van der Waals surface area contributed by atoms with Crippen molar-refractivity contribution in [2.24, 2.45) is 10.2 Å². The van der Waals surface area contributed by atoms with Crippen LogP contribution < -0.4 is 10.9 Å². The van der Waals surface area contributed by atoms with Crippen molar-refractivity contribution >= 4 is 65.8 Å². The Morgan fingerprint density at radius 3 is 1.36 bits per heavy atom. The van der Waals surface area contributed by atoms with Crippen LogP contribution in [0.5, 0.6) is 11.5 Å². The molecule has 190 valence electrons. The molecule has 0 saturated carbocycles. The van der Waals surface area contributed by atoms with E-state index in [2.05, 4.69) is 31.0 Å². The molecule has 0 aliphatic carbocycles. The summed E-state index contributed by atoms with van der Waals surface area (Å²) in [6.45, 7) is 0. The van der Waals surface area contributed by atoms with Crippen LogP contribution in [0.1, 0.15) is 11.1 Å². The maximum absolute atomic E-state index is 9.59. The van der Waals surface area contributed by atoms with Gasteiger partial charge in [-0.05, 0) is 48.5 Å². The van der Waals surface area contributed by atoms with Crippen LogP contribution in [0.4, 0.5) is 10.3 Å². The Kier molecular flexibility index (Phi) is 9.69. The third-order valence-corrected chi connectivity index (χ3v) is 7.07. The fourth-order valence-electron chi connectivity index (χ4n) is 3.35. The number of anilines is 2. The maximum atomic E-state index is 9.59. The van der Waals surface area contributed by atoms with Crippen molar-refractivity contribution in [3.8, 4) is 11.5 Å². The summed E-state index contributed by atoms with van der Waals surface area (Å²) in [6.07, 6.45) is 3.14. The summed E-state index contributed by atoms with van der Waals surface area (Å²) in [5.41, 5.74) is 8.98. The van der Waals surface area contributed by atoms with E-state index in [1.165, 1.54) is 22.7 Å². The van der Waals surface area contributed by atoms with Gasteiger partial charge in [-0.3, -0.25) is 10.9 Å². The van der Waals surface area contributed by atoms with Crippen LogP contribution in [0.3, 0.4) is 0 Å². The minimum Gasteiger partial charge on any atom is -0.507 e. The second kappa shape index (κ2) is 13.6. The van der Waals surface area contributed by atoms with Gasteiger partial charge in [0.1, 0.15) is 11.5 Å². The van der Waals surface area contributed by atoms with Crippen LogP contribution in [-0.4, -0.2) is 32.6 Å². The van der Waals surface area contributed by atoms with E-state index in [1.807, 2.05) is 60.7 Å². The summed E-state index contributed by atoms with van der Waals surface area (Å²) in [6, 6.07) is 29.9. The van der Waals surface area contributed by atoms with Gasteiger partial charge in [0.25, 0.3) is 0 Å². The second-order valence-electron chi connectivity index (χ2n) is 7.83. The Labute approximate surface area is 245 Å². The number of aromatic nitrogens is 2. The fraction of sp³-hybridized carbons (Fsp3) is 0. The average Bonchev–Trinajstić information content (AvgIpc) is 3.55. The number of hydrazone groups is 2. The molecule has 0 amide bonds. The molecule has 0 aliphatic heterocycles. The topological polar surface area (TPSA) is 115 Å². The van der Waals surface area contributed by atoms with Gasteiger partial charge in [0.15, 0.2) is 0 Å². The first kappa shape index (κ1) is 27.8. The van der Waals surface area contributed by atoms with Crippen molar-refractivity contribution in [2.45, 2.75) is 0 Å². The largest absolute Gasteiger partial charge is 0.507 e. The van der Waals surface area contributed by atoms with Crippen molar-refractivity contribution in [1.82, 2.24) is 9.97 Å². The molecule has 4 N–H and O–H groups in total. The summed E-state index contributed by atoms with van der Waals surface area (Å²) in [4.78, 5) is 8.79. The SMILES string of the molecule is Oc1ccccc1/C=N/Nc1nc2ccccc2s1.Oc1ccccc1/C=N/Nc1nc2ccccc2s1.[Zn]. The van der Waals surface area contributed by atoms with Gasteiger partial charge in [-0.2, -0.15) is 10.2 Å². The van der Waals surface area contributed by atoms with Crippen LogP contribution >= 0.6 is 22.7 Å². The maximum Gasteiger partial charge on any atom is 0.204 e. The summed E-state index contributed by atoms with van der Waals surface area (Å²) < 4.78 is 2.23. The predicted octanol–water partition coefficient (Wildman–Crippen LogP) is 6.89. The summed E-state index contributed by atoms with van der Waals surface area (Å²) in [5.74, 6) is 0.412. The number of nitrogens with zero attached hydrogens (tertiary/aromatic N) is 4.